The highest BCUT2D eigenvalue weighted by Gasteiger charge is 2.38. The molecule has 0 saturated heterocycles. The molecule has 1 aromatic heterocycles. The van der Waals surface area contributed by atoms with Crippen LogP contribution in [-0.2, 0) is 9.22 Å². The Morgan fingerprint density at radius 2 is 2.17 bits per heavy atom. The van der Waals surface area contributed by atoms with E-state index in [1.165, 1.54) is 5.57 Å². The van der Waals surface area contributed by atoms with E-state index in [4.69, 9.17) is 4.43 Å². The van der Waals surface area contributed by atoms with E-state index in [0.717, 1.165) is 19.4 Å². The van der Waals surface area contributed by atoms with Crippen LogP contribution in [0.3, 0.4) is 0 Å². The van der Waals surface area contributed by atoms with Crippen molar-refractivity contribution in [2.75, 3.05) is 11.9 Å². The molecular weight excluding hydrogens is 304 g/mol. The summed E-state index contributed by atoms with van der Waals surface area (Å²) in [5.41, 5.74) is 1.22. The molecule has 2 rings (SSSR count). The Bertz CT molecular complexity index is 576. The third kappa shape index (κ3) is 5.01. The quantitative estimate of drug-likeness (QED) is 0.478. The normalized spacial score (nSPS) is 19.7. The van der Waals surface area contributed by atoms with Crippen molar-refractivity contribution in [3.8, 4) is 0 Å². The maximum Gasteiger partial charge on any atom is 0.233 e. The molecule has 0 bridgehead atoms. The average molecular weight is 333 g/mol. The third-order valence-electron chi connectivity index (χ3n) is 4.75. The summed E-state index contributed by atoms with van der Waals surface area (Å²) in [6.45, 7) is 12.0. The number of aromatic nitrogens is 1. The first-order valence-corrected chi connectivity index (χ1v) is 11.2. The lowest BCUT2D eigenvalue weighted by molar-refractivity contribution is -0.117. The second-order valence-electron chi connectivity index (χ2n) is 7.64. The first kappa shape index (κ1) is 17.9. The van der Waals surface area contributed by atoms with E-state index in [-0.39, 0.29) is 16.9 Å². The van der Waals surface area contributed by atoms with Gasteiger partial charge in [-0.05, 0) is 43.1 Å². The lowest BCUT2D eigenvalue weighted by Crippen LogP contribution is -2.40. The summed E-state index contributed by atoms with van der Waals surface area (Å²) in [7, 11) is -1.66. The topological polar surface area (TPSA) is 51.2 Å². The van der Waals surface area contributed by atoms with Crippen LogP contribution in [0.4, 0.5) is 5.82 Å². The van der Waals surface area contributed by atoms with Gasteiger partial charge < -0.3 is 9.74 Å². The molecule has 1 amide bonds. The van der Waals surface area contributed by atoms with Crippen molar-refractivity contribution in [1.82, 2.24) is 4.98 Å². The first-order chi connectivity index (χ1) is 10.7. The fourth-order valence-corrected chi connectivity index (χ4v) is 3.15. The predicted molar refractivity (Wildman–Crippen MR) is 96.8 cm³/mol. The minimum Gasteiger partial charge on any atom is -0.417 e. The van der Waals surface area contributed by atoms with Gasteiger partial charge in [0.05, 0.1) is 5.92 Å². The minimum atomic E-state index is -1.66. The minimum absolute atomic E-state index is 0.0184. The molecule has 0 aliphatic heterocycles. The van der Waals surface area contributed by atoms with Gasteiger partial charge in [-0.2, -0.15) is 0 Å². The van der Waals surface area contributed by atoms with Crippen LogP contribution in [0, 0.1) is 5.92 Å². The van der Waals surface area contributed by atoms with Crippen molar-refractivity contribution < 1.29 is 9.22 Å². The predicted octanol–water partition coefficient (Wildman–Crippen LogP) is 4.38. The number of carbonyl (C=O) groups is 1. The first-order valence-electron chi connectivity index (χ1n) is 8.25. The van der Waals surface area contributed by atoms with Gasteiger partial charge in [0.1, 0.15) is 5.82 Å². The van der Waals surface area contributed by atoms with Crippen LogP contribution in [0.15, 0.2) is 36.0 Å². The zero-order valence-electron chi connectivity index (χ0n) is 14.8. The number of amides is 1. The van der Waals surface area contributed by atoms with E-state index in [9.17, 15) is 4.79 Å². The van der Waals surface area contributed by atoms with Crippen LogP contribution in [0.1, 0.15) is 33.6 Å². The van der Waals surface area contributed by atoms with E-state index < -0.39 is 8.32 Å². The van der Waals surface area contributed by atoms with Gasteiger partial charge in [-0.3, -0.25) is 4.79 Å². The second-order valence-corrected chi connectivity index (χ2v) is 12.4. The summed E-state index contributed by atoms with van der Waals surface area (Å²) in [6.07, 6.45) is 5.58. The van der Waals surface area contributed by atoms with Gasteiger partial charge in [0.15, 0.2) is 8.32 Å². The highest BCUT2D eigenvalue weighted by Crippen LogP contribution is 2.39. The molecule has 1 N–H and O–H groups in total. The van der Waals surface area contributed by atoms with Crippen LogP contribution >= 0.6 is 0 Å². The number of carbonyl (C=O) groups excluding carboxylic acids is 1. The number of hydrogen-bond donors (Lipinski definition) is 1. The van der Waals surface area contributed by atoms with Crippen LogP contribution < -0.4 is 5.32 Å². The van der Waals surface area contributed by atoms with Crippen molar-refractivity contribution in [2.45, 2.75) is 51.7 Å². The van der Waals surface area contributed by atoms with Crippen molar-refractivity contribution in [2.24, 2.45) is 5.92 Å². The van der Waals surface area contributed by atoms with Crippen molar-refractivity contribution in [1.29, 1.82) is 0 Å². The monoisotopic (exact) mass is 332 g/mol. The summed E-state index contributed by atoms with van der Waals surface area (Å²) in [6, 6.07) is 5.50. The Balaban J connectivity index is 1.74. The number of anilines is 1. The molecule has 1 aliphatic carbocycles. The van der Waals surface area contributed by atoms with Gasteiger partial charge in [-0.15, -0.1) is 0 Å². The van der Waals surface area contributed by atoms with Crippen LogP contribution in [-0.4, -0.2) is 25.8 Å². The van der Waals surface area contributed by atoms with E-state index in [2.05, 4.69) is 50.2 Å². The molecule has 0 radical (unpaired) electrons. The third-order valence-corrected chi connectivity index (χ3v) is 9.29. The Morgan fingerprint density at radius 3 is 2.78 bits per heavy atom. The Morgan fingerprint density at radius 1 is 1.43 bits per heavy atom. The SMILES string of the molecule is CC(C)(C)[Si](C)(C)OCC/C=C1/CC1C(=O)Nc1ccccn1. The molecule has 1 aromatic rings. The van der Waals surface area contributed by atoms with Crippen molar-refractivity contribution >= 4 is 20.0 Å². The van der Waals surface area contributed by atoms with E-state index >= 15 is 0 Å². The number of rotatable bonds is 6. The van der Waals surface area contributed by atoms with Gasteiger partial charge in [0, 0.05) is 12.8 Å². The molecule has 126 valence electrons. The van der Waals surface area contributed by atoms with E-state index in [1.807, 2.05) is 12.1 Å². The molecule has 1 fully saturated rings. The molecule has 0 spiro atoms. The standard InChI is InChI=1S/C18H28N2O2Si/c1-18(2,3)23(4,5)22-12-8-9-14-13-15(14)17(21)20-16-10-6-7-11-19-16/h6-7,9-11,15H,8,12-13H2,1-5H3,(H,19,20,21)/b14-9-. The van der Waals surface area contributed by atoms with Gasteiger partial charge >= 0.3 is 0 Å². The number of hydrogen-bond acceptors (Lipinski definition) is 3. The fraction of sp³-hybridized carbons (Fsp3) is 0.556. The van der Waals surface area contributed by atoms with Crippen molar-refractivity contribution in [3.63, 3.8) is 0 Å². The molecule has 1 saturated carbocycles. The molecule has 1 aliphatic rings. The number of nitrogens with zero attached hydrogens (tertiary/aromatic N) is 1. The van der Waals surface area contributed by atoms with E-state index in [1.54, 1.807) is 12.3 Å². The molecule has 1 unspecified atom stereocenters. The lowest BCUT2D eigenvalue weighted by Gasteiger charge is -2.36. The van der Waals surface area contributed by atoms with Gasteiger partial charge in [0.25, 0.3) is 0 Å². The van der Waals surface area contributed by atoms with Crippen LogP contribution in [0.25, 0.3) is 0 Å². The van der Waals surface area contributed by atoms with E-state index in [0.29, 0.717) is 5.82 Å². The smallest absolute Gasteiger partial charge is 0.233 e. The second kappa shape index (κ2) is 6.97. The molecule has 1 heterocycles. The lowest BCUT2D eigenvalue weighted by atomic mass is 10.2. The van der Waals surface area contributed by atoms with Crippen molar-refractivity contribution in [3.05, 3.63) is 36.0 Å². The molecule has 0 aromatic carbocycles. The highest BCUT2D eigenvalue weighted by atomic mass is 28.4. The summed E-state index contributed by atoms with van der Waals surface area (Å²) in [4.78, 5) is 16.2. The molecule has 4 nitrogen and oxygen atoms in total. The summed E-state index contributed by atoms with van der Waals surface area (Å²) in [5.74, 6) is 0.676. The molecule has 5 heteroatoms. The van der Waals surface area contributed by atoms with Gasteiger partial charge in [-0.25, -0.2) is 4.98 Å². The largest absolute Gasteiger partial charge is 0.417 e. The highest BCUT2D eigenvalue weighted by molar-refractivity contribution is 6.74. The summed E-state index contributed by atoms with van der Waals surface area (Å²) >= 11 is 0. The van der Waals surface area contributed by atoms with Gasteiger partial charge in [0.2, 0.25) is 5.91 Å². The summed E-state index contributed by atoms with van der Waals surface area (Å²) < 4.78 is 6.15. The fourth-order valence-electron chi connectivity index (χ4n) is 2.09. The van der Waals surface area contributed by atoms with Crippen LogP contribution in [0.2, 0.25) is 18.1 Å². The maximum atomic E-state index is 12.1. The zero-order valence-corrected chi connectivity index (χ0v) is 15.8. The molecule has 1 atom stereocenters. The van der Waals surface area contributed by atoms with Gasteiger partial charge in [-0.1, -0.05) is 38.5 Å². The average Bonchev–Trinajstić information content (AvgIpc) is 3.23. The summed E-state index contributed by atoms with van der Waals surface area (Å²) in [5, 5.41) is 3.09. The Hall–Kier alpha value is -1.46. The molecule has 23 heavy (non-hydrogen) atoms. The maximum absolute atomic E-state index is 12.1. The molecular formula is C18H28N2O2Si. The Labute approximate surface area is 140 Å². The number of nitrogens with one attached hydrogen (secondary N) is 1. The van der Waals surface area contributed by atoms with Crippen LogP contribution in [0.5, 0.6) is 0 Å². The zero-order chi connectivity index (χ0) is 17.1. The Kier molecular flexibility index (Phi) is 5.42. The number of pyridine rings is 1.